The van der Waals surface area contributed by atoms with Gasteiger partial charge in [-0.3, -0.25) is 4.79 Å². The largest absolute Gasteiger partial charge is 0.363 e. The van der Waals surface area contributed by atoms with E-state index in [-0.39, 0.29) is 18.7 Å². The molecule has 1 aliphatic rings. The number of epoxide rings is 1. The summed E-state index contributed by atoms with van der Waals surface area (Å²) in [4.78, 5) is 10.4. The fourth-order valence-electron chi connectivity index (χ4n) is 0.400. The van der Waals surface area contributed by atoms with E-state index in [1.807, 2.05) is 0 Å². The third-order valence-corrected chi connectivity index (χ3v) is 0.888. The molecule has 0 saturated carbocycles. The molecule has 0 aliphatic carbocycles. The highest BCUT2D eigenvalue weighted by atomic mass is 16.6. The average molecular weight is 115 g/mol. The van der Waals surface area contributed by atoms with Gasteiger partial charge in [0, 0.05) is 0 Å². The zero-order chi connectivity index (χ0) is 5.98. The van der Waals surface area contributed by atoms with Crippen molar-refractivity contribution in [2.75, 3.05) is 13.3 Å². The zero-order valence-electron chi connectivity index (χ0n) is 4.31. The molecule has 0 bridgehead atoms. The van der Waals surface area contributed by atoms with E-state index in [9.17, 15) is 4.79 Å². The van der Waals surface area contributed by atoms with Crippen LogP contribution in [0.1, 0.15) is 0 Å². The normalized spacial score (nSPS) is 24.9. The SMILES string of the molecule is [NH]CNC(=O)C1CO1. The van der Waals surface area contributed by atoms with Gasteiger partial charge in [-0.05, 0) is 0 Å². The van der Waals surface area contributed by atoms with Crippen LogP contribution in [0.3, 0.4) is 0 Å². The Balaban J connectivity index is 2.13. The highest BCUT2D eigenvalue weighted by molar-refractivity contribution is 5.82. The molecule has 2 N–H and O–H groups in total. The molecule has 1 heterocycles. The summed E-state index contributed by atoms with van der Waals surface area (Å²) in [6, 6.07) is 0. The van der Waals surface area contributed by atoms with Crippen LogP contribution in [0.5, 0.6) is 0 Å². The molecule has 0 spiro atoms. The van der Waals surface area contributed by atoms with Crippen LogP contribution in [-0.2, 0) is 9.53 Å². The lowest BCUT2D eigenvalue weighted by Gasteiger charge is -1.93. The van der Waals surface area contributed by atoms with E-state index in [0.717, 1.165) is 0 Å². The molecule has 8 heavy (non-hydrogen) atoms. The molecule has 1 amide bonds. The summed E-state index contributed by atoms with van der Waals surface area (Å²) in [6.07, 6.45) is -0.250. The number of hydrogen-bond donors (Lipinski definition) is 1. The summed E-state index contributed by atoms with van der Waals surface area (Å²) in [5, 5.41) is 2.31. The van der Waals surface area contributed by atoms with Gasteiger partial charge < -0.3 is 10.1 Å². The lowest BCUT2D eigenvalue weighted by atomic mass is 10.4. The second-order valence-corrected chi connectivity index (χ2v) is 1.54. The van der Waals surface area contributed by atoms with Crippen molar-refractivity contribution in [2.45, 2.75) is 6.10 Å². The lowest BCUT2D eigenvalue weighted by Crippen LogP contribution is -2.29. The number of ether oxygens (including phenoxy) is 1. The zero-order valence-corrected chi connectivity index (χ0v) is 4.31. The van der Waals surface area contributed by atoms with Crippen LogP contribution in [-0.4, -0.2) is 25.3 Å². The fraction of sp³-hybridized carbons (Fsp3) is 0.750. The van der Waals surface area contributed by atoms with Crippen LogP contribution in [0.4, 0.5) is 0 Å². The quantitative estimate of drug-likeness (QED) is 0.456. The van der Waals surface area contributed by atoms with E-state index in [4.69, 9.17) is 5.73 Å². The molecular formula is C4H7N2O2. The summed E-state index contributed by atoms with van der Waals surface area (Å²) >= 11 is 0. The maximum Gasteiger partial charge on any atom is 0.252 e. The molecule has 4 nitrogen and oxygen atoms in total. The van der Waals surface area contributed by atoms with E-state index in [1.54, 1.807) is 0 Å². The molecule has 0 aromatic carbocycles. The minimum absolute atomic E-state index is 0.0569. The highest BCUT2D eigenvalue weighted by Crippen LogP contribution is 2.07. The first-order valence-electron chi connectivity index (χ1n) is 2.38. The number of amides is 1. The fourth-order valence-corrected chi connectivity index (χ4v) is 0.400. The summed E-state index contributed by atoms with van der Waals surface area (Å²) in [6.45, 7) is 0.463. The average Bonchev–Trinajstić information content (AvgIpc) is 2.45. The van der Waals surface area contributed by atoms with Gasteiger partial charge in [-0.15, -0.1) is 0 Å². The molecular weight excluding hydrogens is 108 g/mol. The Hall–Kier alpha value is -0.610. The first-order chi connectivity index (χ1) is 3.84. The summed E-state index contributed by atoms with van der Waals surface area (Å²) in [5.74, 6) is -0.167. The molecule has 1 rings (SSSR count). The number of carbonyl (C=O) groups excluding carboxylic acids is 1. The van der Waals surface area contributed by atoms with Crippen LogP contribution < -0.4 is 11.1 Å². The molecule has 4 heteroatoms. The predicted octanol–water partition coefficient (Wildman–Crippen LogP) is -1.26. The Morgan fingerprint density at radius 3 is 3.00 bits per heavy atom. The second-order valence-electron chi connectivity index (χ2n) is 1.54. The number of nitrogens with one attached hydrogen (secondary N) is 2. The van der Waals surface area contributed by atoms with Crippen molar-refractivity contribution in [1.82, 2.24) is 11.1 Å². The topological polar surface area (TPSA) is 65.4 Å². The van der Waals surface area contributed by atoms with Gasteiger partial charge in [0.25, 0.3) is 5.91 Å². The monoisotopic (exact) mass is 115 g/mol. The van der Waals surface area contributed by atoms with Gasteiger partial charge in [-0.25, -0.2) is 5.73 Å². The molecule has 1 unspecified atom stereocenters. The standard InChI is InChI=1S/C4H7N2O2/c5-2-6-4(7)3-1-8-3/h3,5H,1-2H2,(H,6,7). The van der Waals surface area contributed by atoms with Crippen LogP contribution in [0.25, 0.3) is 0 Å². The Morgan fingerprint density at radius 2 is 2.62 bits per heavy atom. The van der Waals surface area contributed by atoms with Gasteiger partial charge in [0.1, 0.15) is 0 Å². The third-order valence-electron chi connectivity index (χ3n) is 0.888. The number of rotatable bonds is 2. The smallest absolute Gasteiger partial charge is 0.252 e. The van der Waals surface area contributed by atoms with Gasteiger partial charge in [0.2, 0.25) is 0 Å². The minimum atomic E-state index is -0.250. The van der Waals surface area contributed by atoms with E-state index in [0.29, 0.717) is 6.61 Å². The Labute approximate surface area is 47.0 Å². The van der Waals surface area contributed by atoms with Gasteiger partial charge >= 0.3 is 0 Å². The molecule has 1 fully saturated rings. The first kappa shape index (κ1) is 5.53. The van der Waals surface area contributed by atoms with E-state index in [1.165, 1.54) is 0 Å². The van der Waals surface area contributed by atoms with Crippen molar-refractivity contribution >= 4 is 5.91 Å². The first-order valence-corrected chi connectivity index (χ1v) is 2.38. The van der Waals surface area contributed by atoms with Gasteiger partial charge in [0.05, 0.1) is 13.3 Å². The molecule has 1 saturated heterocycles. The summed E-state index contributed by atoms with van der Waals surface area (Å²) in [7, 11) is 0. The van der Waals surface area contributed by atoms with Crippen molar-refractivity contribution in [3.8, 4) is 0 Å². The predicted molar refractivity (Wildman–Crippen MR) is 25.8 cm³/mol. The van der Waals surface area contributed by atoms with Crippen LogP contribution in [0.15, 0.2) is 0 Å². The van der Waals surface area contributed by atoms with E-state index in [2.05, 4.69) is 10.1 Å². The van der Waals surface area contributed by atoms with Gasteiger partial charge in [0.15, 0.2) is 6.10 Å². The van der Waals surface area contributed by atoms with Crippen LogP contribution in [0.2, 0.25) is 0 Å². The highest BCUT2D eigenvalue weighted by Gasteiger charge is 2.30. The van der Waals surface area contributed by atoms with Crippen molar-refractivity contribution in [3.05, 3.63) is 0 Å². The van der Waals surface area contributed by atoms with E-state index < -0.39 is 0 Å². The van der Waals surface area contributed by atoms with Crippen molar-refractivity contribution < 1.29 is 9.53 Å². The molecule has 0 aromatic heterocycles. The van der Waals surface area contributed by atoms with Gasteiger partial charge in [-0.2, -0.15) is 0 Å². The maximum absolute atomic E-state index is 10.4. The maximum atomic E-state index is 10.4. The molecule has 0 aromatic rings. The van der Waals surface area contributed by atoms with Crippen molar-refractivity contribution in [3.63, 3.8) is 0 Å². The Morgan fingerprint density at radius 1 is 2.00 bits per heavy atom. The molecule has 45 valence electrons. The number of hydrogen-bond acceptors (Lipinski definition) is 2. The molecule has 1 atom stereocenters. The van der Waals surface area contributed by atoms with Crippen LogP contribution >= 0.6 is 0 Å². The van der Waals surface area contributed by atoms with Crippen molar-refractivity contribution in [1.29, 1.82) is 0 Å². The summed E-state index contributed by atoms with van der Waals surface area (Å²) < 4.78 is 4.63. The molecule has 1 radical (unpaired) electrons. The van der Waals surface area contributed by atoms with Crippen LogP contribution in [0, 0.1) is 0 Å². The Kier molecular flexibility index (Phi) is 1.45. The Bertz CT molecular complexity index is 100. The minimum Gasteiger partial charge on any atom is -0.363 e. The van der Waals surface area contributed by atoms with E-state index >= 15 is 0 Å². The third kappa shape index (κ3) is 1.18. The molecule has 1 aliphatic heterocycles. The second kappa shape index (κ2) is 2.11. The van der Waals surface area contributed by atoms with Crippen molar-refractivity contribution in [2.24, 2.45) is 0 Å². The number of carbonyl (C=O) groups is 1. The lowest BCUT2D eigenvalue weighted by molar-refractivity contribution is -0.122. The summed E-state index contributed by atoms with van der Waals surface area (Å²) in [5.41, 5.74) is 6.57. The van der Waals surface area contributed by atoms with Gasteiger partial charge in [-0.1, -0.05) is 0 Å².